The van der Waals surface area contributed by atoms with Crippen LogP contribution >= 0.6 is 11.3 Å². The van der Waals surface area contributed by atoms with Gasteiger partial charge in [0.15, 0.2) is 0 Å². The van der Waals surface area contributed by atoms with E-state index in [1.165, 1.54) is 17.8 Å². The molecule has 2 aliphatic heterocycles. The Labute approximate surface area is 160 Å². The largest absolute Gasteiger partial charge is 0.348 e. The van der Waals surface area contributed by atoms with E-state index in [9.17, 15) is 9.59 Å². The van der Waals surface area contributed by atoms with Crippen LogP contribution in [0.1, 0.15) is 61.3 Å². The summed E-state index contributed by atoms with van der Waals surface area (Å²) in [5.74, 6) is 0.239. The summed E-state index contributed by atoms with van der Waals surface area (Å²) in [5.41, 5.74) is 2.50. The van der Waals surface area contributed by atoms with E-state index >= 15 is 0 Å². The number of piperidine rings is 2. The highest BCUT2D eigenvalue weighted by atomic mass is 32.1. The standard InChI is InChI=1S/C19H30N4O2S/c1-13-5-4-6-14(2)23(13)17(24)11-22-9-7-16(8-10-22)21-19(25)18-15(3)20-12-26-18/h12-14,16H,4-11H2,1-3H3,(H,21,25). The molecule has 0 radical (unpaired) electrons. The maximum absolute atomic E-state index is 12.7. The summed E-state index contributed by atoms with van der Waals surface area (Å²) in [6.45, 7) is 8.41. The minimum atomic E-state index is -0.0181. The Hall–Kier alpha value is -1.47. The van der Waals surface area contributed by atoms with Gasteiger partial charge in [-0.05, 0) is 52.9 Å². The van der Waals surface area contributed by atoms with Gasteiger partial charge >= 0.3 is 0 Å². The van der Waals surface area contributed by atoms with Gasteiger partial charge in [-0.2, -0.15) is 0 Å². The van der Waals surface area contributed by atoms with Gasteiger partial charge in [-0.1, -0.05) is 0 Å². The molecule has 26 heavy (non-hydrogen) atoms. The second-order valence-corrected chi connectivity index (χ2v) is 8.58. The first-order valence-corrected chi connectivity index (χ1v) is 10.6. The molecule has 1 aromatic rings. The zero-order chi connectivity index (χ0) is 18.7. The lowest BCUT2D eigenvalue weighted by Crippen LogP contribution is -2.53. The fraction of sp³-hybridized carbons (Fsp3) is 0.737. The highest BCUT2D eigenvalue weighted by Gasteiger charge is 2.31. The summed E-state index contributed by atoms with van der Waals surface area (Å²) in [6.07, 6.45) is 5.22. The number of nitrogens with one attached hydrogen (secondary N) is 1. The van der Waals surface area contributed by atoms with Crippen molar-refractivity contribution >= 4 is 23.2 Å². The third-order valence-corrected chi connectivity index (χ3v) is 6.64. The van der Waals surface area contributed by atoms with Crippen LogP contribution in [0.25, 0.3) is 0 Å². The number of hydrogen-bond donors (Lipinski definition) is 1. The second-order valence-electron chi connectivity index (χ2n) is 7.72. The average molecular weight is 379 g/mol. The van der Waals surface area contributed by atoms with Crippen molar-refractivity contribution in [1.82, 2.24) is 20.1 Å². The zero-order valence-corrected chi connectivity index (χ0v) is 16.8. The normalized spacial score (nSPS) is 25.3. The molecule has 2 unspecified atom stereocenters. The van der Waals surface area contributed by atoms with Crippen LogP contribution in [0, 0.1) is 6.92 Å². The molecule has 3 heterocycles. The smallest absolute Gasteiger partial charge is 0.263 e. The lowest BCUT2D eigenvalue weighted by atomic mass is 9.97. The molecule has 0 spiro atoms. The molecule has 7 heteroatoms. The Balaban J connectivity index is 1.45. The molecule has 2 aliphatic rings. The SMILES string of the molecule is Cc1ncsc1C(=O)NC1CCN(CC(=O)N2C(C)CCCC2C)CC1. The molecule has 0 saturated carbocycles. The Morgan fingerprint density at radius 1 is 1.19 bits per heavy atom. The predicted molar refractivity (Wildman–Crippen MR) is 103 cm³/mol. The number of rotatable bonds is 4. The molecule has 144 valence electrons. The molecule has 1 aromatic heterocycles. The van der Waals surface area contributed by atoms with E-state index in [0.29, 0.717) is 23.5 Å². The maximum Gasteiger partial charge on any atom is 0.263 e. The third kappa shape index (κ3) is 4.43. The number of carbonyl (C=O) groups is 2. The van der Waals surface area contributed by atoms with Gasteiger partial charge in [0, 0.05) is 31.2 Å². The summed E-state index contributed by atoms with van der Waals surface area (Å²) >= 11 is 1.39. The number of carbonyl (C=O) groups excluding carboxylic acids is 2. The van der Waals surface area contributed by atoms with Crippen LogP contribution in [0.4, 0.5) is 0 Å². The average Bonchev–Trinajstić information content (AvgIpc) is 3.02. The Morgan fingerprint density at radius 2 is 1.85 bits per heavy atom. The van der Waals surface area contributed by atoms with E-state index in [1.807, 2.05) is 6.92 Å². The van der Waals surface area contributed by atoms with E-state index in [-0.39, 0.29) is 17.9 Å². The van der Waals surface area contributed by atoms with Gasteiger partial charge in [0.2, 0.25) is 5.91 Å². The van der Waals surface area contributed by atoms with Gasteiger partial charge in [-0.25, -0.2) is 4.98 Å². The summed E-state index contributed by atoms with van der Waals surface area (Å²) in [7, 11) is 0. The third-order valence-electron chi connectivity index (χ3n) is 5.71. The lowest BCUT2D eigenvalue weighted by Gasteiger charge is -2.41. The van der Waals surface area contributed by atoms with Crippen LogP contribution in [0.3, 0.4) is 0 Å². The first-order valence-electron chi connectivity index (χ1n) is 9.70. The van der Waals surface area contributed by atoms with Crippen molar-refractivity contribution in [2.24, 2.45) is 0 Å². The predicted octanol–water partition coefficient (Wildman–Crippen LogP) is 2.44. The number of nitrogens with zero attached hydrogens (tertiary/aromatic N) is 3. The first kappa shape index (κ1) is 19.3. The fourth-order valence-corrected chi connectivity index (χ4v) is 4.90. The summed E-state index contributed by atoms with van der Waals surface area (Å²) in [5, 5.41) is 3.12. The first-order chi connectivity index (χ1) is 12.5. The van der Waals surface area contributed by atoms with E-state index < -0.39 is 0 Å². The van der Waals surface area contributed by atoms with Crippen LogP contribution in [0.2, 0.25) is 0 Å². The highest BCUT2D eigenvalue weighted by Crippen LogP contribution is 2.23. The summed E-state index contributed by atoms with van der Waals surface area (Å²) < 4.78 is 0. The molecule has 0 aliphatic carbocycles. The fourth-order valence-electron chi connectivity index (χ4n) is 4.19. The van der Waals surface area contributed by atoms with Crippen molar-refractivity contribution in [3.05, 3.63) is 16.1 Å². The van der Waals surface area contributed by atoms with E-state index in [1.54, 1.807) is 5.51 Å². The van der Waals surface area contributed by atoms with Crippen molar-refractivity contribution in [2.45, 2.75) is 71.0 Å². The molecular formula is C19H30N4O2S. The van der Waals surface area contributed by atoms with Crippen molar-refractivity contribution in [2.75, 3.05) is 19.6 Å². The molecule has 3 rings (SSSR count). The molecule has 2 saturated heterocycles. The van der Waals surface area contributed by atoms with Crippen molar-refractivity contribution in [3.8, 4) is 0 Å². The minimum Gasteiger partial charge on any atom is -0.348 e. The molecular weight excluding hydrogens is 348 g/mol. The number of aromatic nitrogens is 1. The van der Waals surface area contributed by atoms with Gasteiger partial charge in [-0.3, -0.25) is 14.5 Å². The highest BCUT2D eigenvalue weighted by molar-refractivity contribution is 7.11. The quantitative estimate of drug-likeness (QED) is 0.874. The van der Waals surface area contributed by atoms with Crippen LogP contribution in [0.5, 0.6) is 0 Å². The number of amides is 2. The van der Waals surface area contributed by atoms with E-state index in [0.717, 1.165) is 44.5 Å². The van der Waals surface area contributed by atoms with Crippen molar-refractivity contribution in [1.29, 1.82) is 0 Å². The Bertz CT molecular complexity index is 629. The number of thiazole rings is 1. The van der Waals surface area contributed by atoms with Gasteiger partial charge in [-0.15, -0.1) is 11.3 Å². The van der Waals surface area contributed by atoms with Crippen LogP contribution in [0.15, 0.2) is 5.51 Å². The van der Waals surface area contributed by atoms with Crippen LogP contribution < -0.4 is 5.32 Å². The molecule has 1 N–H and O–H groups in total. The maximum atomic E-state index is 12.7. The number of hydrogen-bond acceptors (Lipinski definition) is 5. The topological polar surface area (TPSA) is 65.5 Å². The zero-order valence-electron chi connectivity index (χ0n) is 16.0. The Kier molecular flexibility index (Phi) is 6.29. The summed E-state index contributed by atoms with van der Waals surface area (Å²) in [4.78, 5) is 34.2. The molecule has 0 bridgehead atoms. The van der Waals surface area contributed by atoms with Crippen LogP contribution in [-0.4, -0.2) is 64.4 Å². The van der Waals surface area contributed by atoms with Crippen molar-refractivity contribution < 1.29 is 9.59 Å². The molecule has 6 nitrogen and oxygen atoms in total. The van der Waals surface area contributed by atoms with Crippen LogP contribution in [-0.2, 0) is 4.79 Å². The van der Waals surface area contributed by atoms with Crippen molar-refractivity contribution in [3.63, 3.8) is 0 Å². The number of aryl methyl sites for hydroxylation is 1. The molecule has 0 aromatic carbocycles. The second kappa shape index (κ2) is 8.48. The number of likely N-dealkylation sites (tertiary alicyclic amines) is 2. The van der Waals surface area contributed by atoms with Gasteiger partial charge < -0.3 is 10.2 Å². The summed E-state index contributed by atoms with van der Waals surface area (Å²) in [6, 6.07) is 0.889. The monoisotopic (exact) mass is 378 g/mol. The van der Waals surface area contributed by atoms with Gasteiger partial charge in [0.1, 0.15) is 4.88 Å². The molecule has 2 fully saturated rings. The molecule has 2 atom stereocenters. The Morgan fingerprint density at radius 3 is 2.42 bits per heavy atom. The van der Waals surface area contributed by atoms with Gasteiger partial charge in [0.25, 0.3) is 5.91 Å². The minimum absolute atomic E-state index is 0.0181. The van der Waals surface area contributed by atoms with Gasteiger partial charge in [0.05, 0.1) is 17.7 Å². The van der Waals surface area contributed by atoms with E-state index in [4.69, 9.17) is 0 Å². The lowest BCUT2D eigenvalue weighted by molar-refractivity contribution is -0.138. The van der Waals surface area contributed by atoms with E-state index in [2.05, 4.69) is 33.9 Å². The molecule has 2 amide bonds.